The summed E-state index contributed by atoms with van der Waals surface area (Å²) in [5, 5.41) is 4.55. The van der Waals surface area contributed by atoms with Crippen molar-refractivity contribution in [2.24, 2.45) is 0 Å². The van der Waals surface area contributed by atoms with Crippen LogP contribution in [0.2, 0.25) is 0 Å². The second kappa shape index (κ2) is 6.57. The zero-order valence-electron chi connectivity index (χ0n) is 13.6. The van der Waals surface area contributed by atoms with Crippen LogP contribution in [0.15, 0.2) is 35.7 Å². The number of hydrogen-bond acceptors (Lipinski definition) is 6. The van der Waals surface area contributed by atoms with Gasteiger partial charge in [0.05, 0.1) is 13.2 Å². The summed E-state index contributed by atoms with van der Waals surface area (Å²) < 4.78 is 6.83. The highest BCUT2D eigenvalue weighted by molar-refractivity contribution is 8.00. The van der Waals surface area contributed by atoms with Crippen LogP contribution in [0.5, 0.6) is 5.75 Å². The maximum absolute atomic E-state index is 12.9. The zero-order chi connectivity index (χ0) is 16.5. The van der Waals surface area contributed by atoms with Crippen LogP contribution < -0.4 is 4.74 Å². The predicted octanol–water partition coefficient (Wildman–Crippen LogP) is 2.63. The molecule has 2 aliphatic heterocycles. The third-order valence-electron chi connectivity index (χ3n) is 4.71. The Balaban J connectivity index is 1.70. The maximum atomic E-state index is 12.9. The molecule has 3 heterocycles. The van der Waals surface area contributed by atoms with Crippen molar-refractivity contribution in [2.75, 3.05) is 20.2 Å². The van der Waals surface area contributed by atoms with Gasteiger partial charge in [-0.2, -0.15) is 9.78 Å². The van der Waals surface area contributed by atoms with Crippen molar-refractivity contribution in [1.29, 1.82) is 0 Å². The Morgan fingerprint density at radius 3 is 2.88 bits per heavy atom. The fourth-order valence-electron chi connectivity index (χ4n) is 3.55. The van der Waals surface area contributed by atoms with E-state index in [0.29, 0.717) is 5.16 Å². The highest BCUT2D eigenvalue weighted by Gasteiger charge is 2.42. The Hall–Kier alpha value is -1.86. The quantitative estimate of drug-likeness (QED) is 0.850. The first-order chi connectivity index (χ1) is 11.8. The molecule has 1 fully saturated rings. The summed E-state index contributed by atoms with van der Waals surface area (Å²) in [5.74, 6) is 0.840. The van der Waals surface area contributed by atoms with Crippen molar-refractivity contribution in [3.05, 3.63) is 36.2 Å². The van der Waals surface area contributed by atoms with Crippen molar-refractivity contribution in [3.8, 4) is 5.75 Å². The molecule has 1 saturated heterocycles. The largest absolute Gasteiger partial charge is 0.497 e. The van der Waals surface area contributed by atoms with Crippen molar-refractivity contribution >= 4 is 17.7 Å². The Kier molecular flexibility index (Phi) is 4.28. The Morgan fingerprint density at radius 2 is 2.12 bits per heavy atom. The van der Waals surface area contributed by atoms with Crippen LogP contribution in [-0.4, -0.2) is 51.0 Å². The van der Waals surface area contributed by atoms with Gasteiger partial charge in [0, 0.05) is 0 Å². The van der Waals surface area contributed by atoms with Crippen LogP contribution in [0.4, 0.5) is 0 Å². The molecule has 2 atom stereocenters. The monoisotopic (exact) mass is 344 g/mol. The van der Waals surface area contributed by atoms with E-state index in [1.165, 1.54) is 42.0 Å². The predicted molar refractivity (Wildman–Crippen MR) is 91.5 cm³/mol. The molecule has 7 heteroatoms. The molecule has 0 aliphatic carbocycles. The number of fused-ring (bicyclic) bond motifs is 1. The SMILES string of the molecule is COc1cccc(C(C2Sc3ncnn3C2=O)N2CCCCC2)c1. The number of benzene rings is 1. The van der Waals surface area contributed by atoms with E-state index in [-0.39, 0.29) is 17.2 Å². The van der Waals surface area contributed by atoms with Crippen molar-refractivity contribution in [3.63, 3.8) is 0 Å². The standard InChI is InChI=1S/C17H20N4O2S/c1-23-13-7-5-6-12(10-13)14(20-8-3-2-4-9-20)15-16(22)21-17(24-15)18-11-19-21/h5-7,10-11,14-15H,2-4,8-9H2,1H3. The summed E-state index contributed by atoms with van der Waals surface area (Å²) >= 11 is 1.52. The van der Waals surface area contributed by atoms with Crippen molar-refractivity contribution in [2.45, 2.75) is 35.7 Å². The molecule has 0 saturated carbocycles. The fourth-order valence-corrected chi connectivity index (χ4v) is 4.78. The van der Waals surface area contributed by atoms with Crippen molar-refractivity contribution in [1.82, 2.24) is 19.7 Å². The summed E-state index contributed by atoms with van der Waals surface area (Å²) in [4.78, 5) is 19.5. The number of carbonyl (C=O) groups excluding carboxylic acids is 1. The van der Waals surface area contributed by atoms with Gasteiger partial charge in [0.1, 0.15) is 17.3 Å². The lowest BCUT2D eigenvalue weighted by atomic mass is 9.98. The van der Waals surface area contributed by atoms with Gasteiger partial charge >= 0.3 is 0 Å². The van der Waals surface area contributed by atoms with E-state index in [1.54, 1.807) is 7.11 Å². The van der Waals surface area contributed by atoms with E-state index < -0.39 is 0 Å². The number of carbonyl (C=O) groups is 1. The first kappa shape index (κ1) is 15.7. The number of nitrogens with zero attached hydrogens (tertiary/aromatic N) is 4. The van der Waals surface area contributed by atoms with Gasteiger partial charge in [0.25, 0.3) is 5.91 Å². The van der Waals surface area contributed by atoms with E-state index in [1.807, 2.05) is 18.2 Å². The molecule has 0 amide bonds. The van der Waals surface area contributed by atoms with Crippen LogP contribution >= 0.6 is 11.8 Å². The van der Waals surface area contributed by atoms with Crippen LogP contribution in [-0.2, 0) is 0 Å². The third-order valence-corrected chi connectivity index (χ3v) is 5.91. The maximum Gasteiger partial charge on any atom is 0.264 e. The molecule has 0 spiro atoms. The zero-order valence-corrected chi connectivity index (χ0v) is 14.4. The Bertz CT molecular complexity index is 742. The molecule has 2 unspecified atom stereocenters. The lowest BCUT2D eigenvalue weighted by Gasteiger charge is -2.37. The molecule has 126 valence electrons. The number of hydrogen-bond donors (Lipinski definition) is 0. The highest BCUT2D eigenvalue weighted by atomic mass is 32.2. The number of thioether (sulfide) groups is 1. The van der Waals surface area contributed by atoms with Gasteiger partial charge < -0.3 is 4.74 Å². The molecule has 0 N–H and O–H groups in total. The number of rotatable bonds is 4. The Labute approximate surface area is 145 Å². The van der Waals surface area contributed by atoms with E-state index >= 15 is 0 Å². The third kappa shape index (κ3) is 2.71. The summed E-state index contributed by atoms with van der Waals surface area (Å²) in [5.41, 5.74) is 1.12. The van der Waals surface area contributed by atoms with E-state index in [9.17, 15) is 4.79 Å². The normalized spacial score (nSPS) is 22.4. The second-order valence-corrected chi connectivity index (χ2v) is 7.26. The number of aromatic nitrogens is 3. The molecule has 1 aromatic carbocycles. The average Bonchev–Trinajstić information content (AvgIpc) is 3.20. The minimum atomic E-state index is -0.216. The lowest BCUT2D eigenvalue weighted by molar-refractivity contribution is 0.0818. The molecule has 1 aromatic heterocycles. The molecule has 6 nitrogen and oxygen atoms in total. The summed E-state index contributed by atoms with van der Waals surface area (Å²) in [6, 6.07) is 8.08. The van der Waals surface area contributed by atoms with Crippen molar-refractivity contribution < 1.29 is 9.53 Å². The van der Waals surface area contributed by atoms with Crippen LogP contribution in [0.3, 0.4) is 0 Å². The second-order valence-electron chi connectivity index (χ2n) is 6.15. The molecular weight excluding hydrogens is 324 g/mol. The van der Waals surface area contributed by atoms with Crippen LogP contribution in [0.1, 0.15) is 35.7 Å². The first-order valence-corrected chi connectivity index (χ1v) is 9.15. The Morgan fingerprint density at radius 1 is 1.29 bits per heavy atom. The van der Waals surface area contributed by atoms with Gasteiger partial charge in [-0.05, 0) is 43.6 Å². The highest BCUT2D eigenvalue weighted by Crippen LogP contribution is 2.41. The van der Waals surface area contributed by atoms with E-state index in [0.717, 1.165) is 24.4 Å². The number of methoxy groups -OCH3 is 1. The number of likely N-dealkylation sites (tertiary alicyclic amines) is 1. The van der Waals surface area contributed by atoms with E-state index in [2.05, 4.69) is 21.0 Å². The minimum absolute atomic E-state index is 0.0152. The smallest absolute Gasteiger partial charge is 0.264 e. The minimum Gasteiger partial charge on any atom is -0.497 e. The summed E-state index contributed by atoms with van der Waals surface area (Å²) in [6.07, 6.45) is 5.05. The van der Waals surface area contributed by atoms with Gasteiger partial charge in [0.15, 0.2) is 5.16 Å². The van der Waals surface area contributed by atoms with Gasteiger partial charge in [-0.25, -0.2) is 4.98 Å². The van der Waals surface area contributed by atoms with Gasteiger partial charge in [0.2, 0.25) is 0 Å². The molecule has 4 rings (SSSR count). The average molecular weight is 344 g/mol. The van der Waals surface area contributed by atoms with Gasteiger partial charge in [-0.1, -0.05) is 30.3 Å². The molecule has 0 radical (unpaired) electrons. The molecule has 2 aromatic rings. The van der Waals surface area contributed by atoms with Crippen LogP contribution in [0, 0.1) is 0 Å². The molecule has 24 heavy (non-hydrogen) atoms. The lowest BCUT2D eigenvalue weighted by Crippen LogP contribution is -2.41. The molecular formula is C17H20N4O2S. The van der Waals surface area contributed by atoms with Gasteiger partial charge in [-0.3, -0.25) is 9.69 Å². The fraction of sp³-hybridized carbons (Fsp3) is 0.471. The number of piperidine rings is 1. The summed E-state index contributed by atoms with van der Waals surface area (Å²) in [7, 11) is 1.67. The first-order valence-electron chi connectivity index (χ1n) is 8.27. The number of ether oxygens (including phenoxy) is 1. The van der Waals surface area contributed by atoms with Gasteiger partial charge in [-0.15, -0.1) is 0 Å². The molecule has 0 bridgehead atoms. The molecule has 2 aliphatic rings. The topological polar surface area (TPSA) is 60.3 Å². The summed E-state index contributed by atoms with van der Waals surface area (Å²) in [6.45, 7) is 2.03. The van der Waals surface area contributed by atoms with Crippen LogP contribution in [0.25, 0.3) is 0 Å². The van der Waals surface area contributed by atoms with E-state index in [4.69, 9.17) is 4.74 Å².